The van der Waals surface area contributed by atoms with Gasteiger partial charge in [-0.25, -0.2) is 0 Å². The van der Waals surface area contributed by atoms with Crippen LogP contribution in [0, 0.1) is 18.8 Å². The Morgan fingerprint density at radius 1 is 1.43 bits per heavy atom. The zero-order chi connectivity index (χ0) is 15.1. The van der Waals surface area contributed by atoms with E-state index < -0.39 is 0 Å². The Kier molecular flexibility index (Phi) is 5.02. The highest BCUT2D eigenvalue weighted by Crippen LogP contribution is 2.05. The quantitative estimate of drug-likeness (QED) is 0.825. The number of aliphatic hydroxyl groups excluding tert-OH is 1. The van der Waals surface area contributed by atoms with Crippen LogP contribution in [0.2, 0.25) is 0 Å². The molecule has 5 heteroatoms. The van der Waals surface area contributed by atoms with E-state index in [2.05, 4.69) is 27.1 Å². The van der Waals surface area contributed by atoms with Gasteiger partial charge in [-0.15, -0.1) is 0 Å². The first-order chi connectivity index (χ1) is 10.2. The molecule has 0 fully saturated rings. The van der Waals surface area contributed by atoms with Gasteiger partial charge in [0.2, 0.25) is 0 Å². The van der Waals surface area contributed by atoms with E-state index in [4.69, 9.17) is 5.11 Å². The maximum atomic E-state index is 12.1. The summed E-state index contributed by atoms with van der Waals surface area (Å²) in [6.45, 7) is 2.08. The molecule has 1 amide bonds. The molecule has 0 bridgehead atoms. The van der Waals surface area contributed by atoms with Crippen LogP contribution >= 0.6 is 0 Å². The number of pyridine rings is 2. The number of amides is 1. The molecular formula is C16H15N3O2. The van der Waals surface area contributed by atoms with Gasteiger partial charge >= 0.3 is 0 Å². The molecule has 106 valence electrons. The maximum absolute atomic E-state index is 12.1. The Morgan fingerprint density at radius 2 is 2.29 bits per heavy atom. The highest BCUT2D eigenvalue weighted by molar-refractivity contribution is 5.94. The molecule has 5 nitrogen and oxygen atoms in total. The number of aromatic nitrogens is 2. The second-order valence-corrected chi connectivity index (χ2v) is 4.37. The van der Waals surface area contributed by atoms with E-state index in [1.54, 1.807) is 18.5 Å². The summed E-state index contributed by atoms with van der Waals surface area (Å²) in [5.41, 5.74) is 2.87. The lowest BCUT2D eigenvalue weighted by molar-refractivity contribution is 0.0950. The van der Waals surface area contributed by atoms with E-state index in [9.17, 15) is 4.79 Å². The zero-order valence-corrected chi connectivity index (χ0v) is 11.6. The smallest absolute Gasteiger partial charge is 0.253 e. The lowest BCUT2D eigenvalue weighted by Gasteiger charge is -2.07. The first-order valence-electron chi connectivity index (χ1n) is 6.44. The molecule has 0 radical (unpaired) electrons. The molecule has 2 heterocycles. The first kappa shape index (κ1) is 14.7. The minimum absolute atomic E-state index is 0.227. The average molecular weight is 281 g/mol. The van der Waals surface area contributed by atoms with Crippen LogP contribution < -0.4 is 5.32 Å². The summed E-state index contributed by atoms with van der Waals surface area (Å²) in [4.78, 5) is 20.3. The predicted octanol–water partition coefficient (Wildman–Crippen LogP) is 1.06. The van der Waals surface area contributed by atoms with Crippen molar-refractivity contribution in [1.29, 1.82) is 0 Å². The van der Waals surface area contributed by atoms with Crippen molar-refractivity contribution in [2.24, 2.45) is 0 Å². The fraction of sp³-hybridized carbons (Fsp3) is 0.188. The van der Waals surface area contributed by atoms with Gasteiger partial charge in [0, 0.05) is 24.2 Å². The third-order valence-electron chi connectivity index (χ3n) is 2.85. The van der Waals surface area contributed by atoms with Gasteiger partial charge in [-0.05, 0) is 24.6 Å². The summed E-state index contributed by atoms with van der Waals surface area (Å²) < 4.78 is 0. The fourth-order valence-electron chi connectivity index (χ4n) is 1.74. The van der Waals surface area contributed by atoms with Crippen molar-refractivity contribution >= 4 is 5.91 Å². The van der Waals surface area contributed by atoms with Crippen LogP contribution in [0.3, 0.4) is 0 Å². The Hall–Kier alpha value is -2.71. The lowest BCUT2D eigenvalue weighted by atomic mass is 10.2. The molecule has 2 rings (SSSR count). The second kappa shape index (κ2) is 7.17. The Bertz CT molecular complexity index is 702. The summed E-state index contributed by atoms with van der Waals surface area (Å²) in [6.07, 6.45) is 4.72. The van der Waals surface area contributed by atoms with Crippen molar-refractivity contribution in [2.45, 2.75) is 13.5 Å². The van der Waals surface area contributed by atoms with Gasteiger partial charge in [-0.1, -0.05) is 17.9 Å². The molecule has 0 spiro atoms. The maximum Gasteiger partial charge on any atom is 0.253 e. The number of hydrogen-bond acceptors (Lipinski definition) is 4. The standard InChI is InChI=1S/C16H15N3O2/c1-12-4-2-6-18-15(12)11-19-16(21)14-8-13(5-3-7-20)9-17-10-14/h2,4,6,8-10,20H,7,11H2,1H3,(H,19,21). The van der Waals surface area contributed by atoms with Crippen molar-refractivity contribution in [2.75, 3.05) is 6.61 Å². The van der Waals surface area contributed by atoms with Gasteiger partial charge < -0.3 is 10.4 Å². The third kappa shape index (κ3) is 4.13. The van der Waals surface area contributed by atoms with Crippen LogP contribution in [-0.4, -0.2) is 27.6 Å². The molecule has 0 aliphatic rings. The average Bonchev–Trinajstić information content (AvgIpc) is 2.52. The summed E-state index contributed by atoms with van der Waals surface area (Å²) in [5.74, 6) is 5.00. The van der Waals surface area contributed by atoms with Crippen LogP contribution in [0.1, 0.15) is 27.2 Å². The molecule has 0 saturated heterocycles. The van der Waals surface area contributed by atoms with Crippen molar-refractivity contribution in [3.63, 3.8) is 0 Å². The number of carbonyl (C=O) groups is 1. The van der Waals surface area contributed by atoms with Crippen LogP contribution in [0.15, 0.2) is 36.8 Å². The topological polar surface area (TPSA) is 75.1 Å². The third-order valence-corrected chi connectivity index (χ3v) is 2.85. The predicted molar refractivity (Wildman–Crippen MR) is 78.3 cm³/mol. The largest absolute Gasteiger partial charge is 0.384 e. The zero-order valence-electron chi connectivity index (χ0n) is 11.6. The van der Waals surface area contributed by atoms with Gasteiger partial charge in [0.05, 0.1) is 17.8 Å². The minimum atomic E-state index is -0.236. The van der Waals surface area contributed by atoms with E-state index >= 15 is 0 Å². The number of nitrogens with zero attached hydrogens (tertiary/aromatic N) is 2. The van der Waals surface area contributed by atoms with Gasteiger partial charge in [0.15, 0.2) is 0 Å². The monoisotopic (exact) mass is 281 g/mol. The summed E-state index contributed by atoms with van der Waals surface area (Å²) in [6, 6.07) is 5.44. The molecule has 0 aliphatic carbocycles. The molecule has 0 saturated carbocycles. The van der Waals surface area contributed by atoms with Crippen molar-refractivity contribution in [3.8, 4) is 11.8 Å². The first-order valence-corrected chi connectivity index (χ1v) is 6.44. The van der Waals surface area contributed by atoms with Gasteiger partial charge in [-0.2, -0.15) is 0 Å². The highest BCUT2D eigenvalue weighted by Gasteiger charge is 2.07. The van der Waals surface area contributed by atoms with E-state index in [1.807, 2.05) is 19.1 Å². The number of aryl methyl sites for hydroxylation is 1. The molecule has 0 aromatic carbocycles. The molecule has 0 atom stereocenters. The van der Waals surface area contributed by atoms with Crippen molar-refractivity contribution < 1.29 is 9.90 Å². The summed E-state index contributed by atoms with van der Waals surface area (Å²) in [5, 5.41) is 11.5. The summed E-state index contributed by atoms with van der Waals surface area (Å²) in [7, 11) is 0. The molecule has 2 aromatic rings. The molecule has 2 aromatic heterocycles. The molecule has 21 heavy (non-hydrogen) atoms. The molecule has 2 N–H and O–H groups in total. The van der Waals surface area contributed by atoms with Gasteiger partial charge in [0.25, 0.3) is 5.91 Å². The molecular weight excluding hydrogens is 266 g/mol. The number of carbonyl (C=O) groups excluding carboxylic acids is 1. The lowest BCUT2D eigenvalue weighted by Crippen LogP contribution is -2.24. The van der Waals surface area contributed by atoms with Crippen LogP contribution in [-0.2, 0) is 6.54 Å². The Balaban J connectivity index is 2.05. The number of hydrogen-bond donors (Lipinski definition) is 2. The number of aliphatic hydroxyl groups is 1. The van der Waals surface area contributed by atoms with E-state index in [-0.39, 0.29) is 12.5 Å². The van der Waals surface area contributed by atoms with E-state index in [0.29, 0.717) is 17.7 Å². The van der Waals surface area contributed by atoms with Crippen LogP contribution in [0.4, 0.5) is 0 Å². The number of rotatable bonds is 3. The molecule has 0 aliphatic heterocycles. The molecule has 0 unspecified atom stereocenters. The highest BCUT2D eigenvalue weighted by atomic mass is 16.2. The second-order valence-electron chi connectivity index (χ2n) is 4.37. The Morgan fingerprint density at radius 3 is 3.05 bits per heavy atom. The summed E-state index contributed by atoms with van der Waals surface area (Å²) >= 11 is 0. The van der Waals surface area contributed by atoms with E-state index in [0.717, 1.165) is 11.3 Å². The van der Waals surface area contributed by atoms with Gasteiger partial charge in [0.1, 0.15) is 6.61 Å². The van der Waals surface area contributed by atoms with Crippen LogP contribution in [0.5, 0.6) is 0 Å². The number of nitrogens with one attached hydrogen (secondary N) is 1. The SMILES string of the molecule is Cc1cccnc1CNC(=O)c1cncc(C#CCO)c1. The minimum Gasteiger partial charge on any atom is -0.384 e. The van der Waals surface area contributed by atoms with Crippen LogP contribution in [0.25, 0.3) is 0 Å². The fourth-order valence-corrected chi connectivity index (χ4v) is 1.74. The normalized spacial score (nSPS) is 9.62. The van der Waals surface area contributed by atoms with Gasteiger partial charge in [-0.3, -0.25) is 14.8 Å². The Labute approximate surface area is 123 Å². The van der Waals surface area contributed by atoms with Crippen molar-refractivity contribution in [1.82, 2.24) is 15.3 Å². The van der Waals surface area contributed by atoms with Crippen molar-refractivity contribution in [3.05, 3.63) is 59.2 Å². The van der Waals surface area contributed by atoms with E-state index in [1.165, 1.54) is 6.20 Å².